The topological polar surface area (TPSA) is 41.5 Å². The average Bonchev–Trinajstić information content (AvgIpc) is 2.41. The van der Waals surface area contributed by atoms with Gasteiger partial charge in [0, 0.05) is 15.7 Å². The molecule has 0 aromatic heterocycles. The first kappa shape index (κ1) is 15.9. The second kappa shape index (κ2) is 8.10. The summed E-state index contributed by atoms with van der Waals surface area (Å²) >= 11 is 3.43. The minimum absolute atomic E-state index is 0.164. The lowest BCUT2D eigenvalue weighted by Crippen LogP contribution is -2.19. The molecule has 0 radical (unpaired) electrons. The molecule has 0 aliphatic rings. The van der Waals surface area contributed by atoms with Crippen molar-refractivity contribution in [3.05, 3.63) is 33.8 Å². The molecule has 0 heterocycles. The SMILES string of the molecule is CCCC/C(CC)=N/NC(=O)c1ccc(C)c(Br)c1. The van der Waals surface area contributed by atoms with Crippen molar-refractivity contribution < 1.29 is 4.79 Å². The lowest BCUT2D eigenvalue weighted by atomic mass is 10.1. The van der Waals surface area contributed by atoms with Gasteiger partial charge in [0.25, 0.3) is 5.91 Å². The van der Waals surface area contributed by atoms with E-state index in [0.29, 0.717) is 5.56 Å². The first-order valence-corrected chi connectivity index (χ1v) is 7.49. The van der Waals surface area contributed by atoms with Crippen LogP contribution in [0.1, 0.15) is 55.5 Å². The van der Waals surface area contributed by atoms with E-state index in [1.807, 2.05) is 25.1 Å². The molecule has 0 saturated carbocycles. The highest BCUT2D eigenvalue weighted by Gasteiger charge is 2.06. The number of carbonyl (C=O) groups excluding carboxylic acids is 1. The molecule has 19 heavy (non-hydrogen) atoms. The Hall–Kier alpha value is -1.16. The van der Waals surface area contributed by atoms with Crippen LogP contribution in [0.3, 0.4) is 0 Å². The number of rotatable bonds is 6. The monoisotopic (exact) mass is 324 g/mol. The molecule has 1 aromatic carbocycles. The van der Waals surface area contributed by atoms with Crippen LogP contribution in [0.4, 0.5) is 0 Å². The number of aryl methyl sites for hydroxylation is 1. The van der Waals surface area contributed by atoms with E-state index in [1.165, 1.54) is 0 Å². The summed E-state index contributed by atoms with van der Waals surface area (Å²) < 4.78 is 0.936. The Morgan fingerprint density at radius 2 is 2.11 bits per heavy atom. The van der Waals surface area contributed by atoms with E-state index in [-0.39, 0.29) is 5.91 Å². The molecule has 0 fully saturated rings. The van der Waals surface area contributed by atoms with E-state index in [1.54, 1.807) is 0 Å². The highest BCUT2D eigenvalue weighted by atomic mass is 79.9. The summed E-state index contributed by atoms with van der Waals surface area (Å²) in [6, 6.07) is 5.54. The van der Waals surface area contributed by atoms with E-state index < -0.39 is 0 Å². The summed E-state index contributed by atoms with van der Waals surface area (Å²) in [6.45, 7) is 6.20. The number of hydrogen-bond acceptors (Lipinski definition) is 2. The molecule has 0 bridgehead atoms. The predicted octanol–water partition coefficient (Wildman–Crippen LogP) is 4.44. The number of halogens is 1. The van der Waals surface area contributed by atoms with Crippen LogP contribution < -0.4 is 5.43 Å². The number of unbranched alkanes of at least 4 members (excludes halogenated alkanes) is 1. The lowest BCUT2D eigenvalue weighted by molar-refractivity contribution is 0.0954. The Morgan fingerprint density at radius 1 is 1.37 bits per heavy atom. The highest BCUT2D eigenvalue weighted by molar-refractivity contribution is 9.10. The van der Waals surface area contributed by atoms with Crippen LogP contribution in [0.5, 0.6) is 0 Å². The number of nitrogens with zero attached hydrogens (tertiary/aromatic N) is 1. The second-order valence-electron chi connectivity index (χ2n) is 4.54. The molecular formula is C15H21BrN2O. The van der Waals surface area contributed by atoms with E-state index in [4.69, 9.17) is 0 Å². The zero-order chi connectivity index (χ0) is 14.3. The van der Waals surface area contributed by atoms with Gasteiger partial charge in [0.15, 0.2) is 0 Å². The Bertz CT molecular complexity index is 469. The van der Waals surface area contributed by atoms with Crippen molar-refractivity contribution in [1.29, 1.82) is 0 Å². The van der Waals surface area contributed by atoms with Crippen LogP contribution in [-0.4, -0.2) is 11.6 Å². The molecule has 0 spiro atoms. The summed E-state index contributed by atoms with van der Waals surface area (Å²) in [7, 11) is 0. The molecular weight excluding hydrogens is 304 g/mol. The maximum atomic E-state index is 12.0. The molecule has 1 aromatic rings. The van der Waals surface area contributed by atoms with Gasteiger partial charge in [-0.2, -0.15) is 5.10 Å². The van der Waals surface area contributed by atoms with Gasteiger partial charge in [-0.25, -0.2) is 5.43 Å². The zero-order valence-electron chi connectivity index (χ0n) is 11.8. The second-order valence-corrected chi connectivity index (χ2v) is 5.39. The zero-order valence-corrected chi connectivity index (χ0v) is 13.4. The molecule has 0 aliphatic carbocycles. The van der Waals surface area contributed by atoms with Crippen molar-refractivity contribution in [3.63, 3.8) is 0 Å². The van der Waals surface area contributed by atoms with Crippen molar-refractivity contribution in [2.75, 3.05) is 0 Å². The maximum absolute atomic E-state index is 12.0. The minimum atomic E-state index is -0.164. The summed E-state index contributed by atoms with van der Waals surface area (Å²) in [6.07, 6.45) is 4.07. The third-order valence-electron chi connectivity index (χ3n) is 2.98. The number of amides is 1. The largest absolute Gasteiger partial charge is 0.271 e. The van der Waals surface area contributed by atoms with Gasteiger partial charge in [-0.05, 0) is 43.9 Å². The van der Waals surface area contributed by atoms with Crippen molar-refractivity contribution in [3.8, 4) is 0 Å². The first-order chi connectivity index (χ1) is 9.08. The normalized spacial score (nSPS) is 11.5. The van der Waals surface area contributed by atoms with Crippen molar-refractivity contribution >= 4 is 27.5 Å². The Labute approximate surface area is 123 Å². The fourth-order valence-corrected chi connectivity index (χ4v) is 2.00. The number of benzene rings is 1. The average molecular weight is 325 g/mol. The summed E-state index contributed by atoms with van der Waals surface area (Å²) in [4.78, 5) is 12.0. The van der Waals surface area contributed by atoms with Gasteiger partial charge in [0.2, 0.25) is 0 Å². The molecule has 1 amide bonds. The van der Waals surface area contributed by atoms with Gasteiger partial charge in [-0.15, -0.1) is 0 Å². The Kier molecular flexibility index (Phi) is 6.78. The standard InChI is InChI=1S/C15H21BrN2O/c1-4-6-7-13(5-2)17-18-15(19)12-9-8-11(3)14(16)10-12/h8-10H,4-7H2,1-3H3,(H,18,19)/b17-13+. The first-order valence-electron chi connectivity index (χ1n) is 6.70. The van der Waals surface area contributed by atoms with Crippen molar-refractivity contribution in [2.45, 2.75) is 46.5 Å². The molecule has 104 valence electrons. The third kappa shape index (κ3) is 5.15. The van der Waals surface area contributed by atoms with Gasteiger partial charge >= 0.3 is 0 Å². The van der Waals surface area contributed by atoms with Crippen LogP contribution in [0.15, 0.2) is 27.8 Å². The van der Waals surface area contributed by atoms with E-state index in [2.05, 4.69) is 40.3 Å². The van der Waals surface area contributed by atoms with Crippen LogP contribution in [0.25, 0.3) is 0 Å². The van der Waals surface area contributed by atoms with Gasteiger partial charge < -0.3 is 0 Å². The Balaban J connectivity index is 2.67. The maximum Gasteiger partial charge on any atom is 0.271 e. The fourth-order valence-electron chi connectivity index (χ4n) is 1.62. The summed E-state index contributed by atoms with van der Waals surface area (Å²) in [5.74, 6) is -0.164. The van der Waals surface area contributed by atoms with Crippen molar-refractivity contribution in [2.24, 2.45) is 5.10 Å². The third-order valence-corrected chi connectivity index (χ3v) is 3.83. The highest BCUT2D eigenvalue weighted by Crippen LogP contribution is 2.17. The van der Waals surface area contributed by atoms with Crippen LogP contribution in [-0.2, 0) is 0 Å². The smallest absolute Gasteiger partial charge is 0.267 e. The number of nitrogens with one attached hydrogen (secondary N) is 1. The number of hydrogen-bond donors (Lipinski definition) is 1. The van der Waals surface area contributed by atoms with Crippen LogP contribution >= 0.6 is 15.9 Å². The van der Waals surface area contributed by atoms with E-state index >= 15 is 0 Å². The van der Waals surface area contributed by atoms with E-state index in [0.717, 1.165) is 41.4 Å². The van der Waals surface area contributed by atoms with Gasteiger partial charge in [0.1, 0.15) is 0 Å². The van der Waals surface area contributed by atoms with Crippen LogP contribution in [0.2, 0.25) is 0 Å². The molecule has 3 nitrogen and oxygen atoms in total. The van der Waals surface area contributed by atoms with Gasteiger partial charge in [0.05, 0.1) is 0 Å². The molecule has 0 unspecified atom stereocenters. The Morgan fingerprint density at radius 3 is 2.68 bits per heavy atom. The molecule has 0 saturated heterocycles. The number of hydrazone groups is 1. The van der Waals surface area contributed by atoms with Gasteiger partial charge in [-0.1, -0.05) is 42.3 Å². The predicted molar refractivity (Wildman–Crippen MR) is 83.6 cm³/mol. The molecule has 0 atom stereocenters. The quantitative estimate of drug-likeness (QED) is 0.609. The van der Waals surface area contributed by atoms with Gasteiger partial charge in [-0.3, -0.25) is 4.79 Å². The fraction of sp³-hybridized carbons (Fsp3) is 0.467. The lowest BCUT2D eigenvalue weighted by Gasteiger charge is -2.05. The molecule has 0 aliphatic heterocycles. The molecule has 4 heteroatoms. The minimum Gasteiger partial charge on any atom is -0.267 e. The molecule has 1 rings (SSSR count). The number of carbonyl (C=O) groups is 1. The van der Waals surface area contributed by atoms with E-state index in [9.17, 15) is 4.79 Å². The molecule has 1 N–H and O–H groups in total. The van der Waals surface area contributed by atoms with Crippen molar-refractivity contribution in [1.82, 2.24) is 5.43 Å². The van der Waals surface area contributed by atoms with Crippen LogP contribution in [0, 0.1) is 6.92 Å². The summed E-state index contributed by atoms with van der Waals surface area (Å²) in [5.41, 5.74) is 5.40. The summed E-state index contributed by atoms with van der Waals surface area (Å²) in [5, 5.41) is 4.21.